The third kappa shape index (κ3) is 2.12. The topological polar surface area (TPSA) is 69.0 Å². The maximum Gasteiger partial charge on any atom is 0.290 e. The number of hydrogen-bond donors (Lipinski definition) is 0. The van der Waals surface area contributed by atoms with Crippen LogP contribution in [-0.4, -0.2) is 32.1 Å². The number of carbonyl (C=O) groups is 1. The van der Waals surface area contributed by atoms with Gasteiger partial charge in [0.2, 0.25) is 5.76 Å². The zero-order valence-electron chi connectivity index (χ0n) is 14.6. The third-order valence-electron chi connectivity index (χ3n) is 4.74. The molecule has 2 aromatic carbocycles. The highest BCUT2D eigenvalue weighted by atomic mass is 16.5. The van der Waals surface area contributed by atoms with E-state index in [0.29, 0.717) is 33.6 Å². The first-order valence-corrected chi connectivity index (χ1v) is 8.12. The lowest BCUT2D eigenvalue weighted by Gasteiger charge is -2.23. The van der Waals surface area contributed by atoms with Gasteiger partial charge >= 0.3 is 0 Å². The molecule has 0 bridgehead atoms. The number of carbonyl (C=O) groups excluding carboxylic acids is 1. The van der Waals surface area contributed by atoms with Gasteiger partial charge in [-0.05, 0) is 18.2 Å². The number of rotatable bonds is 3. The smallest absolute Gasteiger partial charge is 0.290 e. The number of hydrogen-bond acceptors (Lipinski definition) is 5. The van der Waals surface area contributed by atoms with E-state index in [9.17, 15) is 9.59 Å². The Morgan fingerprint density at radius 1 is 1.00 bits per heavy atom. The molecular weight excluding hydrogens is 334 g/mol. The van der Waals surface area contributed by atoms with E-state index in [2.05, 4.69) is 0 Å². The minimum atomic E-state index is -0.608. The molecule has 1 amide bonds. The summed E-state index contributed by atoms with van der Waals surface area (Å²) in [6, 6.07) is 11.7. The number of amides is 1. The SMILES string of the molecule is COc1cccc([C@@H]2c3c(oc4ccccc4c3=O)C(=O)N2C)c1OC. The number of methoxy groups -OCH3 is 2. The molecule has 0 unspecified atom stereocenters. The summed E-state index contributed by atoms with van der Waals surface area (Å²) in [5, 5.41) is 0.446. The highest BCUT2D eigenvalue weighted by Crippen LogP contribution is 2.43. The second kappa shape index (κ2) is 5.91. The van der Waals surface area contributed by atoms with Crippen LogP contribution in [0.1, 0.15) is 27.7 Å². The van der Waals surface area contributed by atoms with Gasteiger partial charge in [0, 0.05) is 12.6 Å². The van der Waals surface area contributed by atoms with Crippen molar-refractivity contribution in [2.45, 2.75) is 6.04 Å². The van der Waals surface area contributed by atoms with Crippen LogP contribution in [0, 0.1) is 0 Å². The maximum atomic E-state index is 13.1. The van der Waals surface area contributed by atoms with Crippen LogP contribution in [-0.2, 0) is 0 Å². The Morgan fingerprint density at radius 2 is 1.77 bits per heavy atom. The van der Waals surface area contributed by atoms with E-state index in [4.69, 9.17) is 13.9 Å². The van der Waals surface area contributed by atoms with Gasteiger partial charge in [0.1, 0.15) is 5.58 Å². The zero-order chi connectivity index (χ0) is 18.4. The summed E-state index contributed by atoms with van der Waals surface area (Å²) in [4.78, 5) is 27.4. The Labute approximate surface area is 149 Å². The summed E-state index contributed by atoms with van der Waals surface area (Å²) in [6.07, 6.45) is 0. The fourth-order valence-electron chi connectivity index (χ4n) is 3.53. The fourth-order valence-corrected chi connectivity index (χ4v) is 3.53. The predicted octanol–water partition coefficient (Wildman–Crippen LogP) is 2.99. The quantitative estimate of drug-likeness (QED) is 0.726. The lowest BCUT2D eigenvalue weighted by Crippen LogP contribution is -2.25. The number of ether oxygens (including phenoxy) is 2. The van der Waals surface area contributed by atoms with Crippen LogP contribution in [0.3, 0.4) is 0 Å². The van der Waals surface area contributed by atoms with Crippen molar-refractivity contribution < 1.29 is 18.7 Å². The Balaban J connectivity index is 2.04. The normalized spacial score (nSPS) is 16.0. The standard InChI is InChI=1S/C20H17NO5/c1-21-16(12-8-6-10-14(24-2)18(12)25-3)15-17(22)11-7-4-5-9-13(11)26-19(15)20(21)23/h4-10,16H,1-3H3/t16-/m1/s1. The summed E-state index contributed by atoms with van der Waals surface area (Å²) in [5.41, 5.74) is 1.18. The van der Waals surface area contributed by atoms with Crippen LogP contribution in [0.2, 0.25) is 0 Å². The summed E-state index contributed by atoms with van der Waals surface area (Å²) in [7, 11) is 4.72. The van der Waals surface area contributed by atoms with Crippen LogP contribution in [0.15, 0.2) is 51.7 Å². The van der Waals surface area contributed by atoms with Gasteiger partial charge in [0.05, 0.1) is 31.2 Å². The molecule has 1 aliphatic rings. The molecule has 4 rings (SSSR count). The monoisotopic (exact) mass is 351 g/mol. The molecule has 0 saturated carbocycles. The first-order valence-electron chi connectivity index (χ1n) is 8.12. The largest absolute Gasteiger partial charge is 0.493 e. The number of para-hydroxylation sites is 2. The second-order valence-corrected chi connectivity index (χ2v) is 6.07. The van der Waals surface area contributed by atoms with Gasteiger partial charge in [-0.15, -0.1) is 0 Å². The average Bonchev–Trinajstić information content (AvgIpc) is 2.92. The van der Waals surface area contributed by atoms with Crippen molar-refractivity contribution in [3.63, 3.8) is 0 Å². The van der Waals surface area contributed by atoms with Crippen LogP contribution in [0.4, 0.5) is 0 Å². The van der Waals surface area contributed by atoms with E-state index in [1.165, 1.54) is 12.0 Å². The molecule has 6 nitrogen and oxygen atoms in total. The van der Waals surface area contributed by atoms with Crippen molar-refractivity contribution in [1.82, 2.24) is 4.90 Å². The second-order valence-electron chi connectivity index (χ2n) is 6.07. The zero-order valence-corrected chi connectivity index (χ0v) is 14.6. The Kier molecular flexibility index (Phi) is 3.68. The van der Waals surface area contributed by atoms with Crippen molar-refractivity contribution in [3.05, 3.63) is 69.6 Å². The molecule has 2 heterocycles. The van der Waals surface area contributed by atoms with Crippen LogP contribution in [0.25, 0.3) is 11.0 Å². The number of nitrogens with zero attached hydrogens (tertiary/aromatic N) is 1. The minimum Gasteiger partial charge on any atom is -0.493 e. The summed E-state index contributed by atoms with van der Waals surface area (Å²) < 4.78 is 16.7. The Morgan fingerprint density at radius 3 is 2.50 bits per heavy atom. The molecule has 1 aliphatic heterocycles. The van der Waals surface area contributed by atoms with Gasteiger partial charge in [0.25, 0.3) is 5.91 Å². The van der Waals surface area contributed by atoms with E-state index in [1.54, 1.807) is 50.6 Å². The first-order chi connectivity index (χ1) is 12.6. The molecule has 1 aromatic heterocycles. The molecular formula is C20H17NO5. The lowest BCUT2D eigenvalue weighted by molar-refractivity contribution is 0.0770. The van der Waals surface area contributed by atoms with Crippen molar-refractivity contribution in [2.75, 3.05) is 21.3 Å². The summed E-state index contributed by atoms with van der Waals surface area (Å²) in [5.74, 6) is 0.758. The summed E-state index contributed by atoms with van der Waals surface area (Å²) >= 11 is 0. The van der Waals surface area contributed by atoms with Gasteiger partial charge in [-0.3, -0.25) is 9.59 Å². The van der Waals surface area contributed by atoms with Crippen LogP contribution >= 0.6 is 0 Å². The summed E-state index contributed by atoms with van der Waals surface area (Å²) in [6.45, 7) is 0. The molecule has 1 atom stereocenters. The number of fused-ring (bicyclic) bond motifs is 2. The highest BCUT2D eigenvalue weighted by molar-refractivity contribution is 5.99. The van der Waals surface area contributed by atoms with E-state index in [1.807, 2.05) is 6.07 Å². The van der Waals surface area contributed by atoms with Crippen LogP contribution in [0.5, 0.6) is 11.5 Å². The number of benzene rings is 2. The molecule has 3 aromatic rings. The van der Waals surface area contributed by atoms with Crippen molar-refractivity contribution >= 4 is 16.9 Å². The molecule has 26 heavy (non-hydrogen) atoms. The van der Waals surface area contributed by atoms with Crippen molar-refractivity contribution in [2.24, 2.45) is 0 Å². The van der Waals surface area contributed by atoms with Crippen LogP contribution < -0.4 is 14.9 Å². The molecule has 6 heteroatoms. The molecule has 0 aliphatic carbocycles. The third-order valence-corrected chi connectivity index (χ3v) is 4.74. The molecule has 0 spiro atoms. The molecule has 132 valence electrons. The fraction of sp³-hybridized carbons (Fsp3) is 0.200. The lowest BCUT2D eigenvalue weighted by atomic mass is 9.97. The molecule has 0 radical (unpaired) electrons. The average molecular weight is 351 g/mol. The van der Waals surface area contributed by atoms with E-state index in [-0.39, 0.29) is 17.1 Å². The van der Waals surface area contributed by atoms with Gasteiger partial charge < -0.3 is 18.8 Å². The van der Waals surface area contributed by atoms with Crippen molar-refractivity contribution in [3.8, 4) is 11.5 Å². The van der Waals surface area contributed by atoms with Gasteiger partial charge in [-0.2, -0.15) is 0 Å². The molecule has 0 saturated heterocycles. The molecule has 0 N–H and O–H groups in total. The predicted molar refractivity (Wildman–Crippen MR) is 96.0 cm³/mol. The van der Waals surface area contributed by atoms with Crippen molar-refractivity contribution in [1.29, 1.82) is 0 Å². The molecule has 0 fully saturated rings. The van der Waals surface area contributed by atoms with E-state index in [0.717, 1.165) is 0 Å². The Bertz CT molecular complexity index is 1090. The Hall–Kier alpha value is -3.28. The minimum absolute atomic E-state index is 0.0751. The maximum absolute atomic E-state index is 13.1. The van der Waals surface area contributed by atoms with Gasteiger partial charge in [0.15, 0.2) is 16.9 Å². The van der Waals surface area contributed by atoms with E-state index >= 15 is 0 Å². The van der Waals surface area contributed by atoms with E-state index < -0.39 is 6.04 Å². The highest BCUT2D eigenvalue weighted by Gasteiger charge is 2.42. The van der Waals surface area contributed by atoms with Gasteiger partial charge in [-0.1, -0.05) is 24.3 Å². The van der Waals surface area contributed by atoms with Gasteiger partial charge in [-0.25, -0.2) is 0 Å². The first kappa shape index (κ1) is 16.2.